The van der Waals surface area contributed by atoms with Crippen LogP contribution in [0.15, 0.2) is 36.4 Å². The Labute approximate surface area is 188 Å². The van der Waals surface area contributed by atoms with Crippen LogP contribution in [0.3, 0.4) is 0 Å². The van der Waals surface area contributed by atoms with Gasteiger partial charge < -0.3 is 9.47 Å². The summed E-state index contributed by atoms with van der Waals surface area (Å²) in [6.07, 6.45) is -4.22. The molecule has 180 valence electrons. The molecule has 33 heavy (non-hydrogen) atoms. The van der Waals surface area contributed by atoms with E-state index in [4.69, 9.17) is 14.0 Å². The van der Waals surface area contributed by atoms with Crippen LogP contribution in [-0.2, 0) is 31.2 Å². The van der Waals surface area contributed by atoms with Crippen molar-refractivity contribution in [1.29, 1.82) is 0 Å². The summed E-state index contributed by atoms with van der Waals surface area (Å²) in [7, 11) is -3.24. The first kappa shape index (κ1) is 26.3. The lowest BCUT2D eigenvalue weighted by Gasteiger charge is -2.16. The molecule has 0 N–H and O–H groups in total. The van der Waals surface area contributed by atoms with Gasteiger partial charge in [-0.05, 0) is 51.5 Å². The molecule has 8 nitrogen and oxygen atoms in total. The zero-order valence-corrected chi connectivity index (χ0v) is 19.3. The van der Waals surface area contributed by atoms with Gasteiger partial charge in [0.15, 0.2) is 6.79 Å². The number of carbonyl (C=O) groups is 1. The summed E-state index contributed by atoms with van der Waals surface area (Å²) >= 11 is 0. The summed E-state index contributed by atoms with van der Waals surface area (Å²) in [5, 5.41) is 11.2. The summed E-state index contributed by atoms with van der Waals surface area (Å²) in [4.78, 5) is 22.6. The second-order valence-corrected chi connectivity index (χ2v) is 9.35. The van der Waals surface area contributed by atoms with Gasteiger partial charge in [-0.3, -0.25) is 24.0 Å². The van der Waals surface area contributed by atoms with E-state index in [1.165, 1.54) is 6.07 Å². The van der Waals surface area contributed by atoms with Gasteiger partial charge in [0.1, 0.15) is 16.8 Å². The highest BCUT2D eigenvalue weighted by Gasteiger charge is 2.30. The van der Waals surface area contributed by atoms with Crippen molar-refractivity contribution in [3.8, 4) is 11.5 Å². The molecule has 1 unspecified atom stereocenters. The van der Waals surface area contributed by atoms with E-state index in [0.717, 1.165) is 30.3 Å². The number of aryl methyl sites for hydroxylation is 1. The molecule has 0 bridgehead atoms. The molecule has 0 saturated carbocycles. The molecule has 1 atom stereocenters. The molecule has 0 saturated heterocycles. The molecule has 0 radical (unpaired) electrons. The molecule has 0 fully saturated rings. The molecular weight excluding hydrogens is 466 g/mol. The molecule has 2 aromatic rings. The minimum atomic E-state index is -4.51. The van der Waals surface area contributed by atoms with Gasteiger partial charge in [-0.15, -0.1) is 0 Å². The average Bonchev–Trinajstić information content (AvgIpc) is 2.72. The van der Waals surface area contributed by atoms with Gasteiger partial charge in [0.2, 0.25) is 8.03 Å². The Morgan fingerprint density at radius 3 is 2.21 bits per heavy atom. The fourth-order valence-corrected chi connectivity index (χ4v) is 3.51. The van der Waals surface area contributed by atoms with Crippen LogP contribution in [0.1, 0.15) is 38.8 Å². The van der Waals surface area contributed by atoms with Gasteiger partial charge in [-0.1, -0.05) is 6.92 Å². The Bertz CT molecular complexity index is 1050. The van der Waals surface area contributed by atoms with E-state index in [1.807, 2.05) is 0 Å². The van der Waals surface area contributed by atoms with E-state index >= 15 is 0 Å². The number of carbonyl (C=O) groups excluding carboxylic acids is 1. The number of nitrogens with zero attached hydrogens (tertiary/aromatic N) is 1. The number of nitro benzene ring substituents is 1. The Hall–Kier alpha value is -2.91. The Morgan fingerprint density at radius 2 is 1.73 bits per heavy atom. The van der Waals surface area contributed by atoms with Crippen molar-refractivity contribution in [2.75, 3.05) is 6.79 Å². The van der Waals surface area contributed by atoms with Crippen LogP contribution >= 0.6 is 8.03 Å². The number of hydrogen-bond donors (Lipinski definition) is 0. The number of halogens is 3. The highest BCUT2D eigenvalue weighted by Crippen LogP contribution is 2.36. The highest BCUT2D eigenvalue weighted by atomic mass is 31.1. The molecule has 0 heterocycles. The summed E-state index contributed by atoms with van der Waals surface area (Å²) < 4.78 is 66.5. The van der Waals surface area contributed by atoms with Crippen molar-refractivity contribution in [3.05, 3.63) is 57.6 Å². The van der Waals surface area contributed by atoms with Crippen molar-refractivity contribution in [1.82, 2.24) is 0 Å². The van der Waals surface area contributed by atoms with Gasteiger partial charge >= 0.3 is 12.1 Å². The van der Waals surface area contributed by atoms with Gasteiger partial charge in [0.25, 0.3) is 5.69 Å². The van der Waals surface area contributed by atoms with Gasteiger partial charge in [0, 0.05) is 17.7 Å². The van der Waals surface area contributed by atoms with E-state index in [0.29, 0.717) is 12.0 Å². The molecule has 2 aromatic carbocycles. The minimum Gasteiger partial charge on any atom is -0.457 e. The zero-order chi connectivity index (χ0) is 25.0. The molecular formula is C21H23F3NO7P. The predicted molar refractivity (Wildman–Crippen MR) is 114 cm³/mol. The lowest BCUT2D eigenvalue weighted by Crippen LogP contribution is -2.23. The second-order valence-electron chi connectivity index (χ2n) is 7.94. The van der Waals surface area contributed by atoms with Crippen molar-refractivity contribution >= 4 is 25.0 Å². The Morgan fingerprint density at radius 1 is 1.12 bits per heavy atom. The maximum absolute atomic E-state index is 12.8. The zero-order valence-electron chi connectivity index (χ0n) is 18.3. The van der Waals surface area contributed by atoms with E-state index in [-0.39, 0.29) is 16.8 Å². The normalized spacial score (nSPS) is 12.8. The number of rotatable bonds is 8. The minimum absolute atomic E-state index is 0.0530. The predicted octanol–water partition coefficient (Wildman–Crippen LogP) is 5.63. The fourth-order valence-electron chi connectivity index (χ4n) is 2.57. The first-order chi connectivity index (χ1) is 15.2. The van der Waals surface area contributed by atoms with Gasteiger partial charge in [0.05, 0.1) is 15.9 Å². The third kappa shape index (κ3) is 7.03. The summed E-state index contributed by atoms with van der Waals surface area (Å²) in [5.74, 6) is -0.483. The maximum atomic E-state index is 12.8. The van der Waals surface area contributed by atoms with Crippen LogP contribution in [0.5, 0.6) is 11.5 Å². The molecule has 0 spiro atoms. The summed E-state index contributed by atoms with van der Waals surface area (Å²) in [6.45, 7) is 5.85. The van der Waals surface area contributed by atoms with Gasteiger partial charge in [-0.25, -0.2) is 0 Å². The first-order valence-electron chi connectivity index (χ1n) is 9.74. The fraction of sp³-hybridized carbons (Fsp3) is 0.381. The van der Waals surface area contributed by atoms with E-state index in [1.54, 1.807) is 27.7 Å². The number of ether oxygens (including phenoxy) is 2. The molecule has 0 amide bonds. The van der Waals surface area contributed by atoms with Crippen LogP contribution in [0.25, 0.3) is 0 Å². The number of benzene rings is 2. The number of hydrogen-bond acceptors (Lipinski definition) is 7. The standard InChI is InChI=1S/C21H23F3NO7P/c1-5-13-10-16(25(27)28)18(33(29)31-12-30-19(26)20(2,3)4)11-17(13)32-15-8-6-14(7-9-15)21(22,23)24/h6-11,33H,5,12H2,1-4H3. The monoisotopic (exact) mass is 489 g/mol. The molecule has 0 aliphatic carbocycles. The lowest BCUT2D eigenvalue weighted by molar-refractivity contribution is -0.383. The topological polar surface area (TPSA) is 105 Å². The van der Waals surface area contributed by atoms with Crippen molar-refractivity contribution < 1.29 is 41.5 Å². The Balaban J connectivity index is 2.31. The second kappa shape index (κ2) is 10.4. The van der Waals surface area contributed by atoms with Crippen LogP contribution < -0.4 is 10.0 Å². The third-order valence-electron chi connectivity index (χ3n) is 4.38. The Kier molecular flexibility index (Phi) is 8.26. The SMILES string of the molecule is CCc1cc([N+](=O)[O-])c([PH](=O)OCOC(=O)C(C)(C)C)cc1Oc1ccc(C(F)(F)F)cc1. The smallest absolute Gasteiger partial charge is 0.416 e. The lowest BCUT2D eigenvalue weighted by atomic mass is 9.98. The van der Waals surface area contributed by atoms with Crippen molar-refractivity contribution in [3.63, 3.8) is 0 Å². The summed E-state index contributed by atoms with van der Waals surface area (Å²) in [5.41, 5.74) is -1.79. The maximum Gasteiger partial charge on any atom is 0.416 e. The van der Waals surface area contributed by atoms with Gasteiger partial charge in [-0.2, -0.15) is 13.2 Å². The van der Waals surface area contributed by atoms with Crippen molar-refractivity contribution in [2.24, 2.45) is 5.41 Å². The number of nitro groups is 1. The van der Waals surface area contributed by atoms with E-state index in [2.05, 4.69) is 0 Å². The summed E-state index contributed by atoms with van der Waals surface area (Å²) in [6, 6.07) is 6.21. The first-order valence-corrected chi connectivity index (χ1v) is 11.1. The molecule has 0 aromatic heterocycles. The van der Waals surface area contributed by atoms with Crippen molar-refractivity contribution in [2.45, 2.75) is 40.3 Å². The third-order valence-corrected chi connectivity index (χ3v) is 5.60. The van der Waals surface area contributed by atoms with Crippen LogP contribution in [-0.4, -0.2) is 17.7 Å². The average molecular weight is 489 g/mol. The molecule has 0 aliphatic heterocycles. The quantitative estimate of drug-likeness (QED) is 0.156. The van der Waals surface area contributed by atoms with E-state index in [9.17, 15) is 32.6 Å². The molecule has 0 aliphatic rings. The van der Waals surface area contributed by atoms with Crippen LogP contribution in [0.2, 0.25) is 0 Å². The number of esters is 1. The van der Waals surface area contributed by atoms with Crippen LogP contribution in [0, 0.1) is 15.5 Å². The molecule has 12 heteroatoms. The molecule has 2 rings (SSSR count). The van der Waals surface area contributed by atoms with E-state index < -0.39 is 48.6 Å². The highest BCUT2D eigenvalue weighted by molar-refractivity contribution is 7.48. The largest absolute Gasteiger partial charge is 0.457 e. The van der Waals surface area contributed by atoms with Crippen LogP contribution in [0.4, 0.5) is 18.9 Å². The number of alkyl halides is 3.